The summed E-state index contributed by atoms with van der Waals surface area (Å²) in [6, 6.07) is 13.3. The summed E-state index contributed by atoms with van der Waals surface area (Å²) in [7, 11) is 1.31. The molecule has 9 nitrogen and oxygen atoms in total. The minimum atomic E-state index is -0.444. The average molecular weight is 494 g/mol. The topological polar surface area (TPSA) is 115 Å². The number of aryl methyl sites for hydroxylation is 1. The number of thioether (sulfide) groups is 1. The zero-order valence-electron chi connectivity index (χ0n) is 19.8. The molecule has 0 aliphatic rings. The molecule has 2 aromatic carbocycles. The molecule has 1 aromatic heterocycles. The van der Waals surface area contributed by atoms with E-state index in [9.17, 15) is 14.4 Å². The number of hydrogen-bond donors (Lipinski definition) is 2. The second-order valence-corrected chi connectivity index (χ2v) is 8.65. The fourth-order valence-electron chi connectivity index (χ4n) is 3.29. The highest BCUT2D eigenvalue weighted by molar-refractivity contribution is 7.99. The Morgan fingerprint density at radius 1 is 1.14 bits per heavy atom. The summed E-state index contributed by atoms with van der Waals surface area (Å²) in [5, 5.41) is 14.7. The maximum Gasteiger partial charge on any atom is 0.337 e. The van der Waals surface area contributed by atoms with E-state index in [2.05, 4.69) is 32.1 Å². The van der Waals surface area contributed by atoms with Crippen LogP contribution in [-0.4, -0.2) is 45.4 Å². The van der Waals surface area contributed by atoms with E-state index in [4.69, 9.17) is 0 Å². The summed E-state index contributed by atoms with van der Waals surface area (Å²) in [4.78, 5) is 36.6. The van der Waals surface area contributed by atoms with Crippen LogP contribution in [-0.2, 0) is 16.1 Å². The molecule has 0 radical (unpaired) electrons. The molecule has 1 atom stereocenters. The van der Waals surface area contributed by atoms with E-state index in [0.717, 1.165) is 5.56 Å². The molecule has 0 bridgehead atoms. The van der Waals surface area contributed by atoms with Gasteiger partial charge < -0.3 is 19.9 Å². The molecule has 3 aromatic rings. The molecule has 35 heavy (non-hydrogen) atoms. The lowest BCUT2D eigenvalue weighted by Crippen LogP contribution is -2.28. The number of carbonyl (C=O) groups is 3. The number of rotatable bonds is 10. The SMILES string of the molecule is C=CCn1c(SCC(=O)Nc2ccc(C(=O)OC)cc2)nnc1[C@@H](C)NC(=O)c1cccc(C)c1. The first-order chi connectivity index (χ1) is 16.8. The summed E-state index contributed by atoms with van der Waals surface area (Å²) in [6.45, 7) is 7.97. The predicted molar refractivity (Wildman–Crippen MR) is 134 cm³/mol. The molecular formula is C25H27N5O4S. The number of nitrogens with one attached hydrogen (secondary N) is 2. The zero-order valence-corrected chi connectivity index (χ0v) is 20.6. The van der Waals surface area contributed by atoms with Gasteiger partial charge in [0.2, 0.25) is 5.91 Å². The molecule has 0 saturated carbocycles. The van der Waals surface area contributed by atoms with Crippen LogP contribution in [0.5, 0.6) is 0 Å². The van der Waals surface area contributed by atoms with Crippen molar-refractivity contribution in [3.05, 3.63) is 83.7 Å². The Balaban J connectivity index is 1.63. The summed E-state index contributed by atoms with van der Waals surface area (Å²) in [6.07, 6.45) is 1.70. The van der Waals surface area contributed by atoms with Crippen molar-refractivity contribution in [2.24, 2.45) is 0 Å². The van der Waals surface area contributed by atoms with Gasteiger partial charge in [0.05, 0.1) is 24.5 Å². The molecule has 0 fully saturated rings. The van der Waals surface area contributed by atoms with Crippen molar-refractivity contribution in [2.75, 3.05) is 18.2 Å². The second-order valence-electron chi connectivity index (χ2n) is 7.71. The van der Waals surface area contributed by atoms with E-state index >= 15 is 0 Å². The third-order valence-electron chi connectivity index (χ3n) is 4.99. The minimum Gasteiger partial charge on any atom is -0.465 e. The third kappa shape index (κ3) is 6.80. The first kappa shape index (κ1) is 25.7. The molecule has 0 saturated heterocycles. The van der Waals surface area contributed by atoms with Crippen LogP contribution in [0.2, 0.25) is 0 Å². The number of amides is 2. The Hall–Kier alpha value is -3.92. The zero-order chi connectivity index (χ0) is 25.4. The fraction of sp³-hybridized carbons (Fsp3) is 0.240. The highest BCUT2D eigenvalue weighted by atomic mass is 32.2. The van der Waals surface area contributed by atoms with E-state index < -0.39 is 12.0 Å². The Kier molecular flexibility index (Phi) is 8.80. The van der Waals surface area contributed by atoms with E-state index in [0.29, 0.717) is 34.3 Å². The number of carbonyl (C=O) groups excluding carboxylic acids is 3. The number of esters is 1. The molecule has 10 heteroatoms. The summed E-state index contributed by atoms with van der Waals surface area (Å²) >= 11 is 1.22. The number of methoxy groups -OCH3 is 1. The fourth-order valence-corrected chi connectivity index (χ4v) is 4.05. The highest BCUT2D eigenvalue weighted by Gasteiger charge is 2.20. The molecule has 0 spiro atoms. The van der Waals surface area contributed by atoms with Crippen LogP contribution >= 0.6 is 11.8 Å². The van der Waals surface area contributed by atoms with Gasteiger partial charge in [-0.1, -0.05) is 35.5 Å². The van der Waals surface area contributed by atoms with Gasteiger partial charge in [0.25, 0.3) is 5.91 Å². The number of anilines is 1. The Morgan fingerprint density at radius 3 is 2.54 bits per heavy atom. The van der Waals surface area contributed by atoms with Crippen molar-refractivity contribution in [3.63, 3.8) is 0 Å². The van der Waals surface area contributed by atoms with Gasteiger partial charge in [0.15, 0.2) is 11.0 Å². The molecule has 2 amide bonds. The Bertz CT molecular complexity index is 1220. The Labute approximate surface area is 208 Å². The molecule has 182 valence electrons. The quantitative estimate of drug-likeness (QED) is 0.251. The standard InChI is InChI=1S/C25H27N5O4S/c1-5-13-30-22(17(3)26-23(32)19-8-6-7-16(2)14-19)28-29-25(30)35-15-21(31)27-20-11-9-18(10-12-20)24(33)34-4/h5-12,14,17H,1,13,15H2,2-4H3,(H,26,32)(H,27,31)/t17-/m1/s1. The Morgan fingerprint density at radius 2 is 1.89 bits per heavy atom. The van der Waals surface area contributed by atoms with Gasteiger partial charge in [-0.05, 0) is 50.2 Å². The number of hydrogen-bond acceptors (Lipinski definition) is 7. The van der Waals surface area contributed by atoms with Crippen LogP contribution in [0.1, 0.15) is 45.1 Å². The minimum absolute atomic E-state index is 0.0953. The van der Waals surface area contributed by atoms with Crippen LogP contribution in [0, 0.1) is 6.92 Å². The average Bonchev–Trinajstić information content (AvgIpc) is 3.25. The lowest BCUT2D eigenvalue weighted by atomic mass is 10.1. The van der Waals surface area contributed by atoms with E-state index in [-0.39, 0.29) is 17.6 Å². The monoisotopic (exact) mass is 493 g/mol. The van der Waals surface area contributed by atoms with Crippen molar-refractivity contribution in [2.45, 2.75) is 31.6 Å². The first-order valence-corrected chi connectivity index (χ1v) is 11.8. The molecule has 0 unspecified atom stereocenters. The number of allylic oxidation sites excluding steroid dienone is 1. The molecule has 0 aliphatic carbocycles. The van der Waals surface area contributed by atoms with Crippen molar-refractivity contribution in [1.29, 1.82) is 0 Å². The van der Waals surface area contributed by atoms with E-state index in [1.165, 1.54) is 18.9 Å². The van der Waals surface area contributed by atoms with Crippen LogP contribution in [0.3, 0.4) is 0 Å². The lowest BCUT2D eigenvalue weighted by molar-refractivity contribution is -0.113. The number of nitrogens with zero attached hydrogens (tertiary/aromatic N) is 3. The second kappa shape index (κ2) is 12.0. The van der Waals surface area contributed by atoms with Gasteiger partial charge in [-0.15, -0.1) is 16.8 Å². The normalized spacial score (nSPS) is 11.4. The van der Waals surface area contributed by atoms with Crippen LogP contribution in [0.15, 0.2) is 66.3 Å². The van der Waals surface area contributed by atoms with E-state index in [1.807, 2.05) is 36.6 Å². The van der Waals surface area contributed by atoms with Crippen molar-refractivity contribution in [1.82, 2.24) is 20.1 Å². The maximum atomic E-state index is 12.6. The summed E-state index contributed by atoms with van der Waals surface area (Å²) in [5.74, 6) is -0.234. The largest absolute Gasteiger partial charge is 0.465 e. The third-order valence-corrected chi connectivity index (χ3v) is 5.96. The molecule has 2 N–H and O–H groups in total. The van der Waals surface area contributed by atoms with Gasteiger partial charge in [-0.3, -0.25) is 9.59 Å². The highest BCUT2D eigenvalue weighted by Crippen LogP contribution is 2.22. The van der Waals surface area contributed by atoms with Gasteiger partial charge in [0, 0.05) is 17.8 Å². The van der Waals surface area contributed by atoms with Crippen LogP contribution in [0.4, 0.5) is 5.69 Å². The number of aromatic nitrogens is 3. The van der Waals surface area contributed by atoms with Gasteiger partial charge in [-0.2, -0.15) is 0 Å². The molecule has 0 aliphatic heterocycles. The van der Waals surface area contributed by atoms with Gasteiger partial charge in [0.1, 0.15) is 0 Å². The first-order valence-electron chi connectivity index (χ1n) is 10.8. The maximum absolute atomic E-state index is 12.6. The smallest absolute Gasteiger partial charge is 0.337 e. The van der Waals surface area contributed by atoms with E-state index in [1.54, 1.807) is 36.4 Å². The van der Waals surface area contributed by atoms with Gasteiger partial charge >= 0.3 is 5.97 Å². The van der Waals surface area contributed by atoms with Crippen LogP contribution < -0.4 is 10.6 Å². The predicted octanol–water partition coefficient (Wildman–Crippen LogP) is 3.78. The summed E-state index contributed by atoms with van der Waals surface area (Å²) in [5.41, 5.74) is 2.52. The number of benzene rings is 2. The van der Waals surface area contributed by atoms with Gasteiger partial charge in [-0.25, -0.2) is 4.79 Å². The molecule has 1 heterocycles. The molecule has 3 rings (SSSR count). The number of ether oxygens (including phenoxy) is 1. The summed E-state index contributed by atoms with van der Waals surface area (Å²) < 4.78 is 6.48. The van der Waals surface area contributed by atoms with Crippen molar-refractivity contribution < 1.29 is 19.1 Å². The lowest BCUT2D eigenvalue weighted by Gasteiger charge is -2.15. The molecular weight excluding hydrogens is 466 g/mol. The van der Waals surface area contributed by atoms with Crippen molar-refractivity contribution in [3.8, 4) is 0 Å². The van der Waals surface area contributed by atoms with Crippen molar-refractivity contribution >= 4 is 35.2 Å². The van der Waals surface area contributed by atoms with Crippen LogP contribution in [0.25, 0.3) is 0 Å².